The van der Waals surface area contributed by atoms with Gasteiger partial charge in [-0.2, -0.15) is 5.10 Å². The van der Waals surface area contributed by atoms with Gasteiger partial charge in [-0.25, -0.2) is 18.9 Å². The lowest BCUT2D eigenvalue weighted by atomic mass is 9.96. The molecule has 0 bridgehead atoms. The number of nitrogens with one attached hydrogen (secondary N) is 1. The average molecular weight is 522 g/mol. The van der Waals surface area contributed by atoms with Crippen molar-refractivity contribution in [3.8, 4) is 11.1 Å². The van der Waals surface area contributed by atoms with Crippen molar-refractivity contribution in [2.24, 2.45) is 5.41 Å². The molecule has 9 nitrogen and oxygen atoms in total. The van der Waals surface area contributed by atoms with Crippen LogP contribution in [0.2, 0.25) is 10.0 Å². The van der Waals surface area contributed by atoms with E-state index in [2.05, 4.69) is 28.9 Å². The summed E-state index contributed by atoms with van der Waals surface area (Å²) < 4.78 is 28.2. The zero-order valence-corrected chi connectivity index (χ0v) is 20.6. The lowest BCUT2D eigenvalue weighted by Gasteiger charge is -2.34. The molecule has 0 amide bonds. The highest BCUT2D eigenvalue weighted by Crippen LogP contribution is 2.33. The molecule has 1 unspecified atom stereocenters. The minimum absolute atomic E-state index is 0.0590. The first-order valence-electron chi connectivity index (χ1n) is 10.8. The first-order valence-corrected chi connectivity index (χ1v) is 11.6. The second kappa shape index (κ2) is 8.94. The Hall–Kier alpha value is -2.92. The highest BCUT2D eigenvalue weighted by molar-refractivity contribution is 6.36. The van der Waals surface area contributed by atoms with Crippen LogP contribution < -0.4 is 10.5 Å². The molecule has 184 valence electrons. The van der Waals surface area contributed by atoms with Crippen molar-refractivity contribution in [1.29, 1.82) is 0 Å². The molecule has 1 atom stereocenters. The molecular weight excluding hydrogens is 500 g/mol. The van der Waals surface area contributed by atoms with Gasteiger partial charge in [-0.1, -0.05) is 37.0 Å². The summed E-state index contributed by atoms with van der Waals surface area (Å²) in [5.41, 5.74) is 1.74. The van der Waals surface area contributed by atoms with Crippen LogP contribution in [0.1, 0.15) is 38.9 Å². The first-order chi connectivity index (χ1) is 16.6. The van der Waals surface area contributed by atoms with Gasteiger partial charge in [-0.05, 0) is 25.1 Å². The van der Waals surface area contributed by atoms with Crippen LogP contribution in [-0.2, 0) is 9.47 Å². The molecule has 1 fully saturated rings. The Bertz CT molecular complexity index is 1450. The van der Waals surface area contributed by atoms with Gasteiger partial charge in [-0.3, -0.25) is 4.98 Å². The van der Waals surface area contributed by atoms with Gasteiger partial charge in [0.25, 0.3) is 6.41 Å². The van der Waals surface area contributed by atoms with Crippen molar-refractivity contribution in [3.05, 3.63) is 68.7 Å². The average Bonchev–Trinajstić information content (AvgIpc) is 3.41. The fraction of sp³-hybridized carbons (Fsp3) is 0.348. The van der Waals surface area contributed by atoms with Crippen LogP contribution in [0.5, 0.6) is 0 Å². The minimum Gasteiger partial charge on any atom is -0.401 e. The van der Waals surface area contributed by atoms with Crippen LogP contribution in [0.15, 0.2) is 41.6 Å². The third-order valence-electron chi connectivity index (χ3n) is 5.63. The largest absolute Gasteiger partial charge is 0.401 e. The number of rotatable bonds is 5. The Morgan fingerprint density at radius 1 is 1.23 bits per heavy atom. The maximum absolute atomic E-state index is 14.0. The van der Waals surface area contributed by atoms with Crippen LogP contribution in [0, 0.1) is 11.2 Å². The Kier molecular flexibility index (Phi) is 6.08. The highest BCUT2D eigenvalue weighted by Gasteiger charge is 2.30. The van der Waals surface area contributed by atoms with Crippen molar-refractivity contribution in [1.82, 2.24) is 24.5 Å². The second-order valence-corrected chi connectivity index (χ2v) is 9.91. The number of pyridine rings is 1. The Morgan fingerprint density at radius 2 is 1.97 bits per heavy atom. The summed E-state index contributed by atoms with van der Waals surface area (Å²) in [6.07, 6.45) is 3.58. The molecule has 3 aromatic heterocycles. The summed E-state index contributed by atoms with van der Waals surface area (Å²) in [5, 5.41) is 4.41. The fourth-order valence-corrected chi connectivity index (χ4v) is 4.47. The van der Waals surface area contributed by atoms with Crippen LogP contribution >= 0.6 is 23.2 Å². The van der Waals surface area contributed by atoms with E-state index in [1.807, 2.05) is 0 Å². The smallest absolute Gasteiger partial charge is 0.360 e. The molecule has 0 radical (unpaired) electrons. The minimum atomic E-state index is -0.835. The van der Waals surface area contributed by atoms with Crippen LogP contribution in [0.3, 0.4) is 0 Å². The predicted octanol–water partition coefficient (Wildman–Crippen LogP) is 4.75. The van der Waals surface area contributed by atoms with Crippen molar-refractivity contribution in [3.63, 3.8) is 0 Å². The van der Waals surface area contributed by atoms with Gasteiger partial charge in [0.2, 0.25) is 0 Å². The van der Waals surface area contributed by atoms with E-state index in [1.165, 1.54) is 12.1 Å². The van der Waals surface area contributed by atoms with Crippen LogP contribution in [0.4, 0.5) is 4.39 Å². The van der Waals surface area contributed by atoms with Gasteiger partial charge in [0, 0.05) is 39.5 Å². The third-order valence-corrected chi connectivity index (χ3v) is 6.34. The molecule has 5 rings (SSSR count). The van der Waals surface area contributed by atoms with Gasteiger partial charge in [0.05, 0.1) is 24.4 Å². The maximum atomic E-state index is 14.0. The summed E-state index contributed by atoms with van der Waals surface area (Å²) >= 11 is 12.3. The second-order valence-electron chi connectivity index (χ2n) is 9.12. The number of ether oxygens (including phenoxy) is 2. The van der Waals surface area contributed by atoms with Gasteiger partial charge >= 0.3 is 5.69 Å². The number of hydrogen-bond donors (Lipinski definition) is 1. The molecule has 0 saturated carbocycles. The summed E-state index contributed by atoms with van der Waals surface area (Å²) in [4.78, 5) is 25.4. The van der Waals surface area contributed by atoms with Gasteiger partial charge < -0.3 is 14.3 Å². The van der Waals surface area contributed by atoms with E-state index in [-0.39, 0.29) is 21.0 Å². The normalized spacial score (nSPS) is 17.1. The molecule has 0 aliphatic carbocycles. The Balaban J connectivity index is 1.44. The Morgan fingerprint density at radius 3 is 2.71 bits per heavy atom. The van der Waals surface area contributed by atoms with E-state index in [9.17, 15) is 9.18 Å². The predicted molar refractivity (Wildman–Crippen MR) is 128 cm³/mol. The van der Waals surface area contributed by atoms with Crippen molar-refractivity contribution >= 4 is 34.4 Å². The third kappa shape index (κ3) is 4.54. The lowest BCUT2D eigenvalue weighted by Crippen LogP contribution is -2.36. The van der Waals surface area contributed by atoms with E-state index < -0.39 is 24.0 Å². The van der Waals surface area contributed by atoms with E-state index >= 15 is 0 Å². The summed E-state index contributed by atoms with van der Waals surface area (Å²) in [6.45, 7) is 6.84. The zero-order valence-electron chi connectivity index (χ0n) is 19.1. The molecule has 1 saturated heterocycles. The molecule has 1 aliphatic heterocycles. The Labute approximate surface area is 209 Å². The van der Waals surface area contributed by atoms with Gasteiger partial charge in [0.15, 0.2) is 11.8 Å². The van der Waals surface area contributed by atoms with E-state index in [0.29, 0.717) is 29.9 Å². The van der Waals surface area contributed by atoms with Crippen molar-refractivity contribution in [2.45, 2.75) is 33.3 Å². The first kappa shape index (κ1) is 23.8. The zero-order chi connectivity index (χ0) is 24.9. The topological polar surface area (TPSA) is 96.2 Å². The molecular formula is C23H22Cl2FN5O4. The highest BCUT2D eigenvalue weighted by atomic mass is 35.5. The number of nitrogens with zero attached hydrogens (tertiary/aromatic N) is 4. The van der Waals surface area contributed by atoms with E-state index in [1.54, 1.807) is 36.3 Å². The number of fused-ring (bicyclic) bond motifs is 1. The quantitative estimate of drug-likeness (QED) is 0.380. The van der Waals surface area contributed by atoms with Crippen LogP contribution in [-0.4, -0.2) is 37.7 Å². The van der Waals surface area contributed by atoms with Gasteiger partial charge in [0.1, 0.15) is 11.3 Å². The summed E-state index contributed by atoms with van der Waals surface area (Å²) in [5.74, 6) is -0.636. The van der Waals surface area contributed by atoms with Crippen LogP contribution in [0.25, 0.3) is 22.3 Å². The molecule has 1 N–H and O–H groups in total. The van der Waals surface area contributed by atoms with Crippen molar-refractivity contribution in [2.75, 3.05) is 13.2 Å². The summed E-state index contributed by atoms with van der Waals surface area (Å²) in [6, 6.07) is 4.28. The summed E-state index contributed by atoms with van der Waals surface area (Å²) in [7, 11) is 0. The molecule has 4 aromatic rings. The molecule has 1 aromatic carbocycles. The SMILES string of the molecule is CC(On1c(=O)[nH]c2ncc(-c3cnn(C4OCC(C)(C)CO4)c3)cc21)c1c(Cl)ccc(F)c1Cl. The molecule has 1 aliphatic rings. The number of aromatic nitrogens is 5. The molecule has 4 heterocycles. The van der Waals surface area contributed by atoms with E-state index in [4.69, 9.17) is 37.5 Å². The molecule has 35 heavy (non-hydrogen) atoms. The van der Waals surface area contributed by atoms with E-state index in [0.717, 1.165) is 10.3 Å². The number of benzene rings is 1. The number of halogens is 3. The van der Waals surface area contributed by atoms with Gasteiger partial charge in [-0.15, -0.1) is 4.73 Å². The molecule has 0 spiro atoms. The standard InChI is InChI=1S/C23H22Cl2FN5O4/c1-12(18-15(24)4-5-16(26)19(18)25)35-31-17-6-13(7-27-20(17)29-21(31)32)14-8-28-30(9-14)22-33-10-23(2,3)11-34-22/h4-9,12,22H,10-11H2,1-3H3,(H,27,29,32). The number of imidazole rings is 1. The maximum Gasteiger partial charge on any atom is 0.360 e. The fourth-order valence-electron chi connectivity index (χ4n) is 3.79. The molecule has 12 heteroatoms. The number of aromatic amines is 1. The lowest BCUT2D eigenvalue weighted by molar-refractivity contribution is -0.265. The monoisotopic (exact) mass is 521 g/mol. The van der Waals surface area contributed by atoms with Crippen molar-refractivity contribution < 1.29 is 18.7 Å². The number of hydrogen-bond acceptors (Lipinski definition) is 6. The number of H-pyrrole nitrogens is 1.